The second-order valence-electron chi connectivity index (χ2n) is 6.48. The Labute approximate surface area is 169 Å². The molecule has 3 aromatic rings. The van der Waals surface area contributed by atoms with Crippen molar-refractivity contribution in [1.82, 2.24) is 15.8 Å². The highest BCUT2D eigenvalue weighted by atomic mass is 16.5. The van der Waals surface area contributed by atoms with Gasteiger partial charge in [-0.2, -0.15) is 0 Å². The van der Waals surface area contributed by atoms with Gasteiger partial charge < -0.3 is 14.5 Å². The highest BCUT2D eigenvalue weighted by Crippen LogP contribution is 2.26. The molecule has 0 unspecified atom stereocenters. The molecule has 0 radical (unpaired) electrons. The number of carbonyl (C=O) groups excluding carboxylic acids is 2. The van der Waals surface area contributed by atoms with Crippen molar-refractivity contribution in [3.8, 4) is 11.5 Å². The lowest BCUT2D eigenvalue weighted by atomic mass is 10.1. The number of hydrogen-bond donors (Lipinski definition) is 3. The van der Waals surface area contributed by atoms with E-state index >= 15 is 0 Å². The Morgan fingerprint density at radius 2 is 1.62 bits per heavy atom. The number of carbonyl (C=O) groups is 2. The van der Waals surface area contributed by atoms with Gasteiger partial charge in [0.2, 0.25) is 5.91 Å². The van der Waals surface area contributed by atoms with E-state index in [2.05, 4.69) is 21.9 Å². The first kappa shape index (κ1) is 20.3. The van der Waals surface area contributed by atoms with Crippen molar-refractivity contribution >= 4 is 22.7 Å². The third-order valence-electron chi connectivity index (χ3n) is 4.37. The van der Waals surface area contributed by atoms with Gasteiger partial charge in [0.05, 0.1) is 6.61 Å². The van der Waals surface area contributed by atoms with Crippen LogP contribution in [0.25, 0.3) is 10.9 Å². The van der Waals surface area contributed by atoms with Crippen LogP contribution in [0.1, 0.15) is 25.3 Å². The quantitative estimate of drug-likeness (QED) is 0.486. The number of benzene rings is 2. The van der Waals surface area contributed by atoms with Gasteiger partial charge in [-0.15, -0.1) is 0 Å². The van der Waals surface area contributed by atoms with Crippen LogP contribution in [0.15, 0.2) is 54.7 Å². The molecule has 0 aliphatic carbocycles. The minimum atomic E-state index is -0.443. The number of nitrogens with one attached hydrogen (secondary N) is 3. The van der Waals surface area contributed by atoms with E-state index in [1.165, 1.54) is 10.9 Å². The van der Waals surface area contributed by atoms with Gasteiger partial charge in [0.1, 0.15) is 0 Å². The first-order valence-corrected chi connectivity index (χ1v) is 9.64. The Kier molecular flexibility index (Phi) is 7.10. The summed E-state index contributed by atoms with van der Waals surface area (Å²) in [7, 11) is 0. The molecule has 0 bridgehead atoms. The smallest absolute Gasteiger partial charge is 0.276 e. The van der Waals surface area contributed by atoms with Gasteiger partial charge in [0.15, 0.2) is 18.1 Å². The molecule has 3 N–H and O–H groups in total. The van der Waals surface area contributed by atoms with Crippen molar-refractivity contribution in [2.24, 2.45) is 0 Å². The molecule has 0 fully saturated rings. The summed E-state index contributed by atoms with van der Waals surface area (Å²) >= 11 is 0. The van der Waals surface area contributed by atoms with Gasteiger partial charge in [-0.3, -0.25) is 20.4 Å². The van der Waals surface area contributed by atoms with E-state index in [0.29, 0.717) is 30.9 Å². The number of hydrogen-bond acceptors (Lipinski definition) is 4. The summed E-state index contributed by atoms with van der Waals surface area (Å²) in [5.41, 5.74) is 7.05. The van der Waals surface area contributed by atoms with Crippen LogP contribution >= 0.6 is 0 Å². The van der Waals surface area contributed by atoms with Crippen LogP contribution in [0.5, 0.6) is 11.5 Å². The summed E-state index contributed by atoms with van der Waals surface area (Å²) in [6, 6.07) is 15.2. The number of rotatable bonds is 9. The van der Waals surface area contributed by atoms with Crippen LogP contribution in [0, 0.1) is 0 Å². The normalized spacial score (nSPS) is 10.5. The Morgan fingerprint density at radius 1 is 0.931 bits per heavy atom. The Bertz CT molecular complexity index is 967. The molecule has 0 saturated carbocycles. The number of para-hydroxylation sites is 3. The molecule has 0 aliphatic rings. The number of aryl methyl sites for hydroxylation is 1. The van der Waals surface area contributed by atoms with Crippen molar-refractivity contribution in [2.45, 2.75) is 26.2 Å². The van der Waals surface area contributed by atoms with Crippen molar-refractivity contribution in [2.75, 3.05) is 13.2 Å². The molecule has 0 saturated heterocycles. The highest BCUT2D eigenvalue weighted by molar-refractivity contribution is 5.84. The molecule has 0 spiro atoms. The van der Waals surface area contributed by atoms with E-state index in [0.717, 1.165) is 11.9 Å². The molecule has 0 atom stereocenters. The van der Waals surface area contributed by atoms with Crippen LogP contribution in [0.2, 0.25) is 0 Å². The zero-order valence-electron chi connectivity index (χ0n) is 16.4. The lowest BCUT2D eigenvalue weighted by Crippen LogP contribution is -2.43. The summed E-state index contributed by atoms with van der Waals surface area (Å²) < 4.78 is 10.9. The maximum absolute atomic E-state index is 12.0. The van der Waals surface area contributed by atoms with Crippen molar-refractivity contribution in [1.29, 1.82) is 0 Å². The fourth-order valence-corrected chi connectivity index (χ4v) is 3.00. The molecule has 7 heteroatoms. The third kappa shape index (κ3) is 5.75. The van der Waals surface area contributed by atoms with Gasteiger partial charge in [-0.25, -0.2) is 0 Å². The number of H-pyrrole nitrogens is 1. The predicted octanol–water partition coefficient (Wildman–Crippen LogP) is 3.12. The molecule has 3 rings (SSSR count). The number of aromatic nitrogens is 1. The van der Waals surface area contributed by atoms with E-state index in [-0.39, 0.29) is 12.5 Å². The first-order valence-electron chi connectivity index (χ1n) is 9.64. The van der Waals surface area contributed by atoms with Crippen LogP contribution in [-0.2, 0) is 16.0 Å². The van der Waals surface area contributed by atoms with Gasteiger partial charge in [-0.05, 0) is 43.5 Å². The molecule has 0 aliphatic heterocycles. The van der Waals surface area contributed by atoms with Crippen molar-refractivity contribution < 1.29 is 19.1 Å². The summed E-state index contributed by atoms with van der Waals surface area (Å²) in [5, 5.41) is 1.17. The second-order valence-corrected chi connectivity index (χ2v) is 6.48. The van der Waals surface area contributed by atoms with Crippen molar-refractivity contribution in [3.05, 3.63) is 60.3 Å². The first-order chi connectivity index (χ1) is 14.2. The Morgan fingerprint density at radius 3 is 2.41 bits per heavy atom. The van der Waals surface area contributed by atoms with Crippen LogP contribution < -0.4 is 20.3 Å². The molecule has 1 heterocycles. The van der Waals surface area contributed by atoms with Gasteiger partial charge >= 0.3 is 0 Å². The highest BCUT2D eigenvalue weighted by Gasteiger charge is 2.09. The Hall–Kier alpha value is -3.48. The summed E-state index contributed by atoms with van der Waals surface area (Å²) in [4.78, 5) is 27.1. The lowest BCUT2D eigenvalue weighted by molar-refractivity contribution is -0.130. The zero-order chi connectivity index (χ0) is 20.5. The SMILES string of the molecule is CCOc1ccccc1OCC(=O)NNC(=O)CCCc1c[nH]c2ccccc12. The van der Waals surface area contributed by atoms with Crippen LogP contribution in [0.3, 0.4) is 0 Å². The molecular formula is C22H25N3O4. The maximum atomic E-state index is 12.0. The average molecular weight is 395 g/mol. The minimum absolute atomic E-state index is 0.223. The summed E-state index contributed by atoms with van der Waals surface area (Å²) in [6.07, 6.45) is 3.75. The molecule has 152 valence electrons. The molecular weight excluding hydrogens is 370 g/mol. The molecule has 2 amide bonds. The van der Waals surface area contributed by atoms with E-state index in [4.69, 9.17) is 9.47 Å². The van der Waals surface area contributed by atoms with Gasteiger partial charge in [0.25, 0.3) is 5.91 Å². The molecule has 2 aromatic carbocycles. The van der Waals surface area contributed by atoms with E-state index < -0.39 is 5.91 Å². The Balaban J connectivity index is 1.36. The van der Waals surface area contributed by atoms with E-state index in [1.807, 2.05) is 37.4 Å². The second kappa shape index (κ2) is 10.2. The van der Waals surface area contributed by atoms with Crippen LogP contribution in [0.4, 0.5) is 0 Å². The number of aromatic amines is 1. The number of hydrazine groups is 1. The lowest BCUT2D eigenvalue weighted by Gasteiger charge is -2.12. The predicted molar refractivity (Wildman–Crippen MR) is 111 cm³/mol. The molecule has 1 aromatic heterocycles. The average Bonchev–Trinajstić information content (AvgIpc) is 3.15. The van der Waals surface area contributed by atoms with Gasteiger partial charge in [0, 0.05) is 23.5 Å². The molecule has 29 heavy (non-hydrogen) atoms. The maximum Gasteiger partial charge on any atom is 0.276 e. The standard InChI is InChI=1S/C22H25N3O4/c1-2-28-19-11-5-6-12-20(19)29-15-22(27)25-24-21(26)13-7-8-16-14-23-18-10-4-3-9-17(16)18/h3-6,9-12,14,23H,2,7-8,13,15H2,1H3,(H,24,26)(H,25,27). The third-order valence-corrected chi connectivity index (χ3v) is 4.37. The fraction of sp³-hybridized carbons (Fsp3) is 0.273. The van der Waals surface area contributed by atoms with Gasteiger partial charge in [-0.1, -0.05) is 30.3 Å². The monoisotopic (exact) mass is 395 g/mol. The number of amides is 2. The van der Waals surface area contributed by atoms with E-state index in [9.17, 15) is 9.59 Å². The molecule has 7 nitrogen and oxygen atoms in total. The largest absolute Gasteiger partial charge is 0.490 e. The number of fused-ring (bicyclic) bond motifs is 1. The summed E-state index contributed by atoms with van der Waals surface area (Å²) in [6.45, 7) is 2.15. The van der Waals surface area contributed by atoms with Crippen LogP contribution in [-0.4, -0.2) is 30.0 Å². The fourth-order valence-electron chi connectivity index (χ4n) is 3.00. The van der Waals surface area contributed by atoms with E-state index in [1.54, 1.807) is 18.2 Å². The summed E-state index contributed by atoms with van der Waals surface area (Å²) in [5.74, 6) is 0.368. The zero-order valence-corrected chi connectivity index (χ0v) is 16.4. The topological polar surface area (TPSA) is 92.4 Å². The van der Waals surface area contributed by atoms with Crippen molar-refractivity contribution in [3.63, 3.8) is 0 Å². The minimum Gasteiger partial charge on any atom is -0.490 e. The number of ether oxygens (including phenoxy) is 2.